The van der Waals surface area contributed by atoms with E-state index in [1.807, 2.05) is 24.3 Å². The van der Waals surface area contributed by atoms with Crippen LogP contribution in [0.4, 0.5) is 0 Å². The lowest BCUT2D eigenvalue weighted by Gasteiger charge is -2.31. The normalized spacial score (nSPS) is 28.0. The summed E-state index contributed by atoms with van der Waals surface area (Å²) in [6.45, 7) is 0. The zero-order chi connectivity index (χ0) is 12.5. The fourth-order valence-electron chi connectivity index (χ4n) is 3.44. The van der Waals surface area contributed by atoms with Crippen molar-refractivity contribution >= 4 is 11.6 Å². The van der Waals surface area contributed by atoms with E-state index >= 15 is 0 Å². The Morgan fingerprint density at radius 2 is 1.72 bits per heavy atom. The largest absolute Gasteiger partial charge is 0.299 e. The van der Waals surface area contributed by atoms with Crippen LogP contribution in [0.5, 0.6) is 0 Å². The third kappa shape index (κ3) is 1.90. The first-order valence-corrected chi connectivity index (χ1v) is 6.92. The van der Waals surface area contributed by atoms with Crippen molar-refractivity contribution in [3.8, 4) is 0 Å². The van der Waals surface area contributed by atoms with Crippen LogP contribution in [0.1, 0.15) is 48.0 Å². The lowest BCUT2D eigenvalue weighted by molar-refractivity contribution is -0.126. The summed E-state index contributed by atoms with van der Waals surface area (Å²) in [5.41, 5.74) is 2.01. The topological polar surface area (TPSA) is 34.1 Å². The van der Waals surface area contributed by atoms with Crippen molar-refractivity contribution in [2.24, 2.45) is 11.8 Å². The summed E-state index contributed by atoms with van der Waals surface area (Å²) in [5.74, 6) is 0.475. The molecule has 18 heavy (non-hydrogen) atoms. The Bertz CT molecular complexity index is 490. The monoisotopic (exact) mass is 242 g/mol. The number of hydrogen-bond donors (Lipinski definition) is 0. The summed E-state index contributed by atoms with van der Waals surface area (Å²) < 4.78 is 0. The van der Waals surface area contributed by atoms with Gasteiger partial charge in [0.05, 0.1) is 0 Å². The van der Waals surface area contributed by atoms with Gasteiger partial charge in [-0.15, -0.1) is 0 Å². The molecular weight excluding hydrogens is 224 g/mol. The van der Waals surface area contributed by atoms with Gasteiger partial charge in [0.1, 0.15) is 5.78 Å². The average molecular weight is 242 g/mol. The van der Waals surface area contributed by atoms with Crippen molar-refractivity contribution in [3.05, 3.63) is 35.4 Å². The summed E-state index contributed by atoms with van der Waals surface area (Å²) in [7, 11) is 0. The fourth-order valence-corrected chi connectivity index (χ4v) is 3.44. The molecule has 0 aromatic heterocycles. The lowest BCUT2D eigenvalue weighted by Crippen LogP contribution is -2.35. The molecule has 0 amide bonds. The van der Waals surface area contributed by atoms with Crippen LogP contribution in [0.3, 0.4) is 0 Å². The SMILES string of the molecule is O=C1CCCC[C@@H]1[C@H]1CCc2ccccc2C1=O. The van der Waals surface area contributed by atoms with Crippen LogP contribution in [0.2, 0.25) is 0 Å². The van der Waals surface area contributed by atoms with Crippen molar-refractivity contribution in [2.75, 3.05) is 0 Å². The predicted molar refractivity (Wildman–Crippen MR) is 69.5 cm³/mol. The highest BCUT2D eigenvalue weighted by molar-refractivity contribution is 6.02. The first-order valence-electron chi connectivity index (χ1n) is 6.92. The maximum atomic E-state index is 12.5. The molecule has 0 aliphatic heterocycles. The minimum absolute atomic E-state index is 0.000365. The van der Waals surface area contributed by atoms with E-state index in [1.54, 1.807) is 0 Å². The number of carbonyl (C=O) groups is 2. The van der Waals surface area contributed by atoms with E-state index in [9.17, 15) is 9.59 Å². The Kier molecular flexibility index (Phi) is 3.02. The van der Waals surface area contributed by atoms with Crippen molar-refractivity contribution in [3.63, 3.8) is 0 Å². The van der Waals surface area contributed by atoms with Gasteiger partial charge in [0.2, 0.25) is 0 Å². The number of fused-ring (bicyclic) bond motifs is 1. The number of benzene rings is 1. The number of rotatable bonds is 1. The molecule has 2 aliphatic rings. The molecule has 2 nitrogen and oxygen atoms in total. The predicted octanol–water partition coefficient (Wildman–Crippen LogP) is 3.19. The van der Waals surface area contributed by atoms with Crippen molar-refractivity contribution in [1.29, 1.82) is 0 Å². The van der Waals surface area contributed by atoms with E-state index in [-0.39, 0.29) is 17.6 Å². The van der Waals surface area contributed by atoms with Crippen LogP contribution in [0, 0.1) is 11.8 Å². The van der Waals surface area contributed by atoms with Gasteiger partial charge in [0, 0.05) is 23.8 Å². The Hall–Kier alpha value is -1.44. The molecule has 0 radical (unpaired) electrons. The molecule has 0 unspecified atom stereocenters. The summed E-state index contributed by atoms with van der Waals surface area (Å²) in [6, 6.07) is 7.85. The van der Waals surface area contributed by atoms with Gasteiger partial charge in [-0.2, -0.15) is 0 Å². The molecule has 1 fully saturated rings. The second kappa shape index (κ2) is 4.68. The molecule has 0 spiro atoms. The third-order valence-electron chi connectivity index (χ3n) is 4.43. The average Bonchev–Trinajstić information content (AvgIpc) is 2.41. The van der Waals surface area contributed by atoms with Crippen molar-refractivity contribution in [1.82, 2.24) is 0 Å². The van der Waals surface area contributed by atoms with E-state index in [1.165, 1.54) is 0 Å². The summed E-state index contributed by atoms with van der Waals surface area (Å²) >= 11 is 0. The van der Waals surface area contributed by atoms with Crippen LogP contribution in [0.15, 0.2) is 24.3 Å². The molecule has 0 bridgehead atoms. The van der Waals surface area contributed by atoms with Gasteiger partial charge in [-0.1, -0.05) is 30.7 Å². The standard InChI is InChI=1S/C16H18O2/c17-15-8-4-3-7-13(15)14-10-9-11-5-1-2-6-12(11)16(14)18/h1-2,5-6,13-14H,3-4,7-10H2/t13-,14-/m1/s1. The number of hydrogen-bond acceptors (Lipinski definition) is 2. The number of ketones is 2. The highest BCUT2D eigenvalue weighted by atomic mass is 16.1. The molecule has 2 atom stereocenters. The van der Waals surface area contributed by atoms with Crippen LogP contribution in [-0.4, -0.2) is 11.6 Å². The van der Waals surface area contributed by atoms with Crippen LogP contribution < -0.4 is 0 Å². The molecule has 0 saturated heterocycles. The molecule has 3 rings (SSSR count). The van der Waals surface area contributed by atoms with E-state index < -0.39 is 0 Å². The third-order valence-corrected chi connectivity index (χ3v) is 4.43. The maximum absolute atomic E-state index is 12.5. The Morgan fingerprint density at radius 3 is 2.56 bits per heavy atom. The first-order chi connectivity index (χ1) is 8.77. The molecule has 0 heterocycles. The van der Waals surface area contributed by atoms with E-state index in [0.29, 0.717) is 12.2 Å². The summed E-state index contributed by atoms with van der Waals surface area (Å²) in [4.78, 5) is 24.5. The van der Waals surface area contributed by atoms with E-state index in [4.69, 9.17) is 0 Å². The minimum atomic E-state index is -0.0484. The molecule has 0 N–H and O–H groups in total. The second-order valence-corrected chi connectivity index (χ2v) is 5.49. The molecule has 94 valence electrons. The number of aryl methyl sites for hydroxylation is 1. The summed E-state index contributed by atoms with van der Waals surface area (Å²) in [6.07, 6.45) is 5.49. The Balaban J connectivity index is 1.88. The van der Waals surface area contributed by atoms with Gasteiger partial charge in [-0.25, -0.2) is 0 Å². The second-order valence-electron chi connectivity index (χ2n) is 5.49. The van der Waals surface area contributed by atoms with Gasteiger partial charge in [0.15, 0.2) is 5.78 Å². The van der Waals surface area contributed by atoms with Gasteiger partial charge in [-0.05, 0) is 31.2 Å². The molecule has 1 saturated carbocycles. The number of Topliss-reactive ketones (excluding diaryl/α,β-unsaturated/α-hetero) is 2. The maximum Gasteiger partial charge on any atom is 0.166 e. The highest BCUT2D eigenvalue weighted by Crippen LogP contribution is 2.36. The Morgan fingerprint density at radius 1 is 0.889 bits per heavy atom. The minimum Gasteiger partial charge on any atom is -0.299 e. The fraction of sp³-hybridized carbons (Fsp3) is 0.500. The summed E-state index contributed by atoms with van der Waals surface area (Å²) in [5, 5.41) is 0. The Labute approximate surface area is 107 Å². The van der Waals surface area contributed by atoms with Gasteiger partial charge in [0.25, 0.3) is 0 Å². The van der Waals surface area contributed by atoms with Gasteiger partial charge < -0.3 is 0 Å². The number of carbonyl (C=O) groups excluding carboxylic acids is 2. The first kappa shape index (κ1) is 11.6. The highest BCUT2D eigenvalue weighted by Gasteiger charge is 2.37. The molecular formula is C16H18O2. The zero-order valence-corrected chi connectivity index (χ0v) is 10.5. The molecule has 2 heteroatoms. The molecule has 1 aromatic carbocycles. The quantitative estimate of drug-likeness (QED) is 0.758. The van der Waals surface area contributed by atoms with Crippen LogP contribution >= 0.6 is 0 Å². The smallest absolute Gasteiger partial charge is 0.166 e. The van der Waals surface area contributed by atoms with Crippen molar-refractivity contribution < 1.29 is 9.59 Å². The molecule has 2 aliphatic carbocycles. The van der Waals surface area contributed by atoms with Crippen molar-refractivity contribution in [2.45, 2.75) is 38.5 Å². The van der Waals surface area contributed by atoms with Crippen LogP contribution in [-0.2, 0) is 11.2 Å². The lowest BCUT2D eigenvalue weighted by atomic mass is 9.70. The van der Waals surface area contributed by atoms with Gasteiger partial charge in [-0.3, -0.25) is 9.59 Å². The zero-order valence-electron chi connectivity index (χ0n) is 10.5. The van der Waals surface area contributed by atoms with E-state index in [2.05, 4.69) is 0 Å². The van der Waals surface area contributed by atoms with Crippen LogP contribution in [0.25, 0.3) is 0 Å². The molecule has 1 aromatic rings. The van der Waals surface area contributed by atoms with Gasteiger partial charge >= 0.3 is 0 Å². The van der Waals surface area contributed by atoms with E-state index in [0.717, 1.165) is 43.2 Å².